The topological polar surface area (TPSA) is 26.3 Å². The van der Waals surface area contributed by atoms with Crippen LogP contribution < -0.4 is 0 Å². The fourth-order valence-electron chi connectivity index (χ4n) is 1.43. The standard InChI is InChI=1S/C8H14O2S/c9-8(10-5-6-11)7-3-1-2-4-7/h7,11H,1-6H2. The van der Waals surface area contributed by atoms with Crippen LogP contribution >= 0.6 is 12.6 Å². The van der Waals surface area contributed by atoms with E-state index >= 15 is 0 Å². The highest BCUT2D eigenvalue weighted by Crippen LogP contribution is 2.25. The molecule has 11 heavy (non-hydrogen) atoms. The van der Waals surface area contributed by atoms with E-state index in [1.807, 2.05) is 0 Å². The van der Waals surface area contributed by atoms with Gasteiger partial charge < -0.3 is 4.74 Å². The minimum absolute atomic E-state index is 0.0171. The third-order valence-electron chi connectivity index (χ3n) is 2.02. The van der Waals surface area contributed by atoms with Gasteiger partial charge in [0.25, 0.3) is 0 Å². The molecule has 0 saturated heterocycles. The molecule has 1 aliphatic rings. The van der Waals surface area contributed by atoms with E-state index in [0.717, 1.165) is 12.8 Å². The number of hydrogen-bond donors (Lipinski definition) is 1. The number of hydrogen-bond acceptors (Lipinski definition) is 3. The minimum Gasteiger partial charge on any atom is -0.465 e. The van der Waals surface area contributed by atoms with Crippen molar-refractivity contribution in [1.29, 1.82) is 0 Å². The number of thiol groups is 1. The molecule has 1 fully saturated rings. The highest BCUT2D eigenvalue weighted by Gasteiger charge is 2.23. The Morgan fingerprint density at radius 1 is 1.45 bits per heavy atom. The fourth-order valence-corrected chi connectivity index (χ4v) is 1.52. The molecule has 2 nitrogen and oxygen atoms in total. The van der Waals surface area contributed by atoms with Crippen LogP contribution in [0.3, 0.4) is 0 Å². The van der Waals surface area contributed by atoms with Crippen LogP contribution in [0.1, 0.15) is 25.7 Å². The summed E-state index contributed by atoms with van der Waals surface area (Å²) in [5, 5.41) is 0. The maximum atomic E-state index is 11.1. The molecule has 0 bridgehead atoms. The Morgan fingerprint density at radius 2 is 2.09 bits per heavy atom. The minimum atomic E-state index is -0.0171. The zero-order valence-electron chi connectivity index (χ0n) is 6.58. The van der Waals surface area contributed by atoms with E-state index in [0.29, 0.717) is 12.4 Å². The van der Waals surface area contributed by atoms with E-state index in [2.05, 4.69) is 12.6 Å². The molecule has 0 heterocycles. The number of esters is 1. The van der Waals surface area contributed by atoms with E-state index < -0.39 is 0 Å². The Labute approximate surface area is 72.7 Å². The molecule has 0 aromatic carbocycles. The van der Waals surface area contributed by atoms with Gasteiger partial charge in [-0.25, -0.2) is 0 Å². The Morgan fingerprint density at radius 3 is 2.64 bits per heavy atom. The maximum Gasteiger partial charge on any atom is 0.308 e. The van der Waals surface area contributed by atoms with Crippen molar-refractivity contribution in [3.63, 3.8) is 0 Å². The van der Waals surface area contributed by atoms with Crippen LogP contribution in [0.15, 0.2) is 0 Å². The van der Waals surface area contributed by atoms with Crippen molar-refractivity contribution in [2.75, 3.05) is 12.4 Å². The monoisotopic (exact) mass is 174 g/mol. The lowest BCUT2D eigenvalue weighted by Gasteiger charge is -2.07. The third-order valence-corrected chi connectivity index (χ3v) is 2.21. The summed E-state index contributed by atoms with van der Waals surface area (Å²) in [6, 6.07) is 0. The van der Waals surface area contributed by atoms with Crippen molar-refractivity contribution in [1.82, 2.24) is 0 Å². The van der Waals surface area contributed by atoms with E-state index in [9.17, 15) is 4.79 Å². The molecule has 0 N–H and O–H groups in total. The molecule has 0 unspecified atom stereocenters. The summed E-state index contributed by atoms with van der Waals surface area (Å²) in [6.45, 7) is 0.457. The fraction of sp³-hybridized carbons (Fsp3) is 0.875. The lowest BCUT2D eigenvalue weighted by Crippen LogP contribution is -2.15. The number of rotatable bonds is 3. The number of carbonyl (C=O) groups excluding carboxylic acids is 1. The van der Waals surface area contributed by atoms with Crippen molar-refractivity contribution >= 4 is 18.6 Å². The predicted octanol–water partition coefficient (Wildman–Crippen LogP) is 1.65. The van der Waals surface area contributed by atoms with Crippen LogP contribution in [0.2, 0.25) is 0 Å². The van der Waals surface area contributed by atoms with E-state index in [1.54, 1.807) is 0 Å². The van der Waals surface area contributed by atoms with Gasteiger partial charge >= 0.3 is 5.97 Å². The summed E-state index contributed by atoms with van der Waals surface area (Å²) in [7, 11) is 0. The van der Waals surface area contributed by atoms with E-state index in [4.69, 9.17) is 4.74 Å². The molecule has 0 aromatic heterocycles. The smallest absolute Gasteiger partial charge is 0.308 e. The molecular formula is C8H14O2S. The van der Waals surface area contributed by atoms with Gasteiger partial charge in [-0.15, -0.1) is 0 Å². The van der Waals surface area contributed by atoms with Crippen molar-refractivity contribution in [2.24, 2.45) is 5.92 Å². The van der Waals surface area contributed by atoms with Crippen molar-refractivity contribution in [2.45, 2.75) is 25.7 Å². The van der Waals surface area contributed by atoms with Crippen LogP contribution in [-0.2, 0) is 9.53 Å². The van der Waals surface area contributed by atoms with Crippen LogP contribution in [0.5, 0.6) is 0 Å². The lowest BCUT2D eigenvalue weighted by atomic mass is 10.1. The first-order chi connectivity index (χ1) is 5.34. The van der Waals surface area contributed by atoms with Gasteiger partial charge in [-0.05, 0) is 12.8 Å². The molecule has 3 heteroatoms. The number of carbonyl (C=O) groups is 1. The van der Waals surface area contributed by atoms with E-state index in [1.165, 1.54) is 12.8 Å². The summed E-state index contributed by atoms with van der Waals surface area (Å²) in [4.78, 5) is 11.1. The SMILES string of the molecule is O=C(OCCS)C1CCCC1. The molecular weight excluding hydrogens is 160 g/mol. The second kappa shape index (κ2) is 4.65. The van der Waals surface area contributed by atoms with Gasteiger partial charge in [-0.3, -0.25) is 4.79 Å². The second-order valence-corrected chi connectivity index (χ2v) is 3.32. The first kappa shape index (κ1) is 8.91. The summed E-state index contributed by atoms with van der Waals surface area (Å²) < 4.78 is 4.96. The molecule has 1 saturated carbocycles. The molecule has 0 amide bonds. The first-order valence-corrected chi connectivity index (χ1v) is 4.75. The average molecular weight is 174 g/mol. The molecule has 64 valence electrons. The Bertz CT molecular complexity index is 130. The molecule has 0 aromatic rings. The van der Waals surface area contributed by atoms with Gasteiger partial charge in [0.05, 0.1) is 5.92 Å². The molecule has 1 aliphatic carbocycles. The Hall–Kier alpha value is -0.180. The van der Waals surface area contributed by atoms with Gasteiger partial charge in [-0.2, -0.15) is 12.6 Å². The molecule has 0 atom stereocenters. The molecule has 0 spiro atoms. The average Bonchev–Trinajstić information content (AvgIpc) is 2.52. The van der Waals surface area contributed by atoms with E-state index in [-0.39, 0.29) is 11.9 Å². The first-order valence-electron chi connectivity index (χ1n) is 4.12. The van der Waals surface area contributed by atoms with Gasteiger partial charge in [0.15, 0.2) is 0 Å². The maximum absolute atomic E-state index is 11.1. The molecule has 0 aliphatic heterocycles. The highest BCUT2D eigenvalue weighted by molar-refractivity contribution is 7.80. The quantitative estimate of drug-likeness (QED) is 0.520. The predicted molar refractivity (Wildman–Crippen MR) is 46.8 cm³/mol. The summed E-state index contributed by atoms with van der Waals surface area (Å²) in [5.74, 6) is 0.796. The van der Waals surface area contributed by atoms with Gasteiger partial charge in [0, 0.05) is 5.75 Å². The second-order valence-electron chi connectivity index (χ2n) is 2.87. The molecule has 1 rings (SSSR count). The van der Waals surface area contributed by atoms with Crippen LogP contribution in [0.25, 0.3) is 0 Å². The Kier molecular flexibility index (Phi) is 3.77. The lowest BCUT2D eigenvalue weighted by molar-refractivity contribution is -0.147. The zero-order valence-corrected chi connectivity index (χ0v) is 7.48. The van der Waals surface area contributed by atoms with Crippen LogP contribution in [0, 0.1) is 5.92 Å². The third kappa shape index (κ3) is 2.73. The summed E-state index contributed by atoms with van der Waals surface area (Å²) in [6.07, 6.45) is 4.40. The Balaban J connectivity index is 2.17. The van der Waals surface area contributed by atoms with Crippen LogP contribution in [-0.4, -0.2) is 18.3 Å². The zero-order chi connectivity index (χ0) is 8.10. The molecule has 0 radical (unpaired) electrons. The van der Waals surface area contributed by atoms with Crippen LogP contribution in [0.4, 0.5) is 0 Å². The largest absolute Gasteiger partial charge is 0.465 e. The van der Waals surface area contributed by atoms with Gasteiger partial charge in [0.2, 0.25) is 0 Å². The summed E-state index contributed by atoms with van der Waals surface area (Å²) >= 11 is 3.96. The van der Waals surface area contributed by atoms with Crippen molar-refractivity contribution in [3.8, 4) is 0 Å². The highest BCUT2D eigenvalue weighted by atomic mass is 32.1. The van der Waals surface area contributed by atoms with Crippen molar-refractivity contribution < 1.29 is 9.53 Å². The normalized spacial score (nSPS) is 18.6. The van der Waals surface area contributed by atoms with Gasteiger partial charge in [0.1, 0.15) is 6.61 Å². The number of ether oxygens (including phenoxy) is 1. The van der Waals surface area contributed by atoms with Gasteiger partial charge in [-0.1, -0.05) is 12.8 Å². The van der Waals surface area contributed by atoms with Crippen molar-refractivity contribution in [3.05, 3.63) is 0 Å². The summed E-state index contributed by atoms with van der Waals surface area (Å²) in [5.41, 5.74) is 0.